The first-order chi connectivity index (χ1) is 4.76. The Hall–Kier alpha value is 0.0490. The Morgan fingerprint density at radius 1 is 1.60 bits per heavy atom. The van der Waals surface area contributed by atoms with Crippen molar-refractivity contribution in [2.45, 2.75) is 6.92 Å². The van der Waals surface area contributed by atoms with Crippen LogP contribution in [-0.4, -0.2) is 58.8 Å². The van der Waals surface area contributed by atoms with Crippen molar-refractivity contribution in [2.75, 3.05) is 6.61 Å². The maximum atomic E-state index is 10.8. The Kier molecular flexibility index (Phi) is 5.83. The van der Waals surface area contributed by atoms with Crippen molar-refractivity contribution < 1.29 is 9.53 Å². The molecule has 0 saturated heterocycles. The van der Waals surface area contributed by atoms with E-state index >= 15 is 0 Å². The van der Waals surface area contributed by atoms with Crippen molar-refractivity contribution in [1.29, 1.82) is 0 Å². The standard InChI is InChI=1S/C5H7NO2Se2/c1-2-8-5(7)6(3-9)4-10/h3-4H,2H2,1H3. The monoisotopic (exact) mass is 273 g/mol. The summed E-state index contributed by atoms with van der Waals surface area (Å²) >= 11 is 5.16. The number of ether oxygens (including phenoxy) is 1. The van der Waals surface area contributed by atoms with Gasteiger partial charge in [0.2, 0.25) is 0 Å². The second-order valence-electron chi connectivity index (χ2n) is 1.32. The van der Waals surface area contributed by atoms with Crippen LogP contribution in [0.4, 0.5) is 4.79 Å². The number of nitrogens with zero attached hydrogens (tertiary/aromatic N) is 1. The molecule has 1 amide bonds. The maximum absolute atomic E-state index is 10.8. The molecule has 0 aliphatic rings. The molecule has 0 aliphatic carbocycles. The quantitative estimate of drug-likeness (QED) is 0.635. The van der Waals surface area contributed by atoms with E-state index in [2.05, 4.69) is 35.9 Å². The number of carbonyl (C=O) groups excluding carboxylic acids is 1. The zero-order valence-electron chi connectivity index (χ0n) is 5.44. The van der Waals surface area contributed by atoms with E-state index in [1.165, 1.54) is 15.0 Å². The van der Waals surface area contributed by atoms with Gasteiger partial charge in [-0.15, -0.1) is 0 Å². The van der Waals surface area contributed by atoms with Gasteiger partial charge in [-0.05, 0) is 0 Å². The zero-order chi connectivity index (χ0) is 7.98. The molecule has 0 heterocycles. The Labute approximate surface area is 75.4 Å². The van der Waals surface area contributed by atoms with Gasteiger partial charge in [-0.25, -0.2) is 0 Å². The number of hydrogen-bond acceptors (Lipinski definition) is 2. The van der Waals surface area contributed by atoms with Crippen molar-refractivity contribution >= 4 is 47.3 Å². The fourth-order valence-electron chi connectivity index (χ4n) is 0.309. The van der Waals surface area contributed by atoms with Crippen LogP contribution in [0.1, 0.15) is 6.92 Å². The molecule has 0 spiro atoms. The summed E-state index contributed by atoms with van der Waals surface area (Å²) in [6.45, 7) is 2.14. The summed E-state index contributed by atoms with van der Waals surface area (Å²) in [5.41, 5.74) is 0. The minimum absolute atomic E-state index is 0.386. The van der Waals surface area contributed by atoms with Crippen LogP contribution in [-0.2, 0) is 4.74 Å². The molecular weight excluding hydrogens is 264 g/mol. The van der Waals surface area contributed by atoms with Crippen molar-refractivity contribution in [1.82, 2.24) is 4.90 Å². The molecule has 56 valence electrons. The van der Waals surface area contributed by atoms with Gasteiger partial charge in [0.05, 0.1) is 0 Å². The molecule has 0 aromatic rings. The van der Waals surface area contributed by atoms with Crippen molar-refractivity contribution in [3.63, 3.8) is 0 Å². The minimum atomic E-state index is -0.389. The summed E-state index contributed by atoms with van der Waals surface area (Å²) in [4.78, 5) is 12.1. The van der Waals surface area contributed by atoms with Gasteiger partial charge in [0, 0.05) is 0 Å². The van der Waals surface area contributed by atoms with Gasteiger partial charge in [-0.3, -0.25) is 0 Å². The van der Waals surface area contributed by atoms with Crippen LogP contribution in [0.2, 0.25) is 0 Å². The molecule has 0 saturated carbocycles. The van der Waals surface area contributed by atoms with Crippen LogP contribution in [0.3, 0.4) is 0 Å². The van der Waals surface area contributed by atoms with Crippen LogP contribution in [0.15, 0.2) is 0 Å². The first-order valence-electron chi connectivity index (χ1n) is 2.62. The average Bonchev–Trinajstić information content (AvgIpc) is 1.91. The first kappa shape index (κ1) is 10.0. The molecule has 0 aromatic carbocycles. The zero-order valence-corrected chi connectivity index (χ0v) is 8.87. The van der Waals surface area contributed by atoms with E-state index in [4.69, 9.17) is 0 Å². The molecule has 0 aromatic heterocycles. The number of rotatable bonds is 3. The molecule has 0 N–H and O–H groups in total. The average molecular weight is 271 g/mol. The SMILES string of the molecule is CCOC(=O)N(C=[Se])C=[Se]. The fourth-order valence-corrected chi connectivity index (χ4v) is 1.32. The first-order valence-corrected chi connectivity index (χ1v) is 4.59. The summed E-state index contributed by atoms with van der Waals surface area (Å²) in [7, 11) is 0. The molecule has 0 rings (SSSR count). The number of amides is 1. The Morgan fingerprint density at radius 2 is 2.10 bits per heavy atom. The van der Waals surface area contributed by atoms with E-state index in [9.17, 15) is 4.79 Å². The number of carbonyl (C=O) groups is 1. The van der Waals surface area contributed by atoms with E-state index in [1.54, 1.807) is 6.92 Å². The van der Waals surface area contributed by atoms with Gasteiger partial charge in [0.1, 0.15) is 0 Å². The molecule has 0 fully saturated rings. The van der Waals surface area contributed by atoms with Crippen molar-refractivity contribution in [3.05, 3.63) is 0 Å². The Morgan fingerprint density at radius 3 is 2.40 bits per heavy atom. The van der Waals surface area contributed by atoms with E-state index in [0.29, 0.717) is 6.61 Å². The molecule has 10 heavy (non-hydrogen) atoms. The van der Waals surface area contributed by atoms with Crippen LogP contribution < -0.4 is 0 Å². The third kappa shape index (κ3) is 3.28. The predicted molar refractivity (Wildman–Crippen MR) is 42.5 cm³/mol. The summed E-state index contributed by atoms with van der Waals surface area (Å²) in [6, 6.07) is 0. The molecular formula is C5H7NO2Se2. The molecule has 5 heteroatoms. The fraction of sp³-hybridized carbons (Fsp3) is 0.400. The van der Waals surface area contributed by atoms with E-state index in [0.717, 1.165) is 0 Å². The topological polar surface area (TPSA) is 29.5 Å². The summed E-state index contributed by atoms with van der Waals surface area (Å²) in [5, 5.41) is 2.99. The van der Waals surface area contributed by atoms with Crippen molar-refractivity contribution in [2.24, 2.45) is 0 Å². The molecule has 0 bridgehead atoms. The summed E-state index contributed by atoms with van der Waals surface area (Å²) in [5.74, 6) is 0. The van der Waals surface area contributed by atoms with Gasteiger partial charge >= 0.3 is 75.3 Å². The second-order valence-corrected chi connectivity index (χ2v) is 2.20. The van der Waals surface area contributed by atoms with E-state index in [-0.39, 0.29) is 6.09 Å². The van der Waals surface area contributed by atoms with Crippen LogP contribution in [0.5, 0.6) is 0 Å². The second kappa shape index (κ2) is 5.81. The van der Waals surface area contributed by atoms with Crippen LogP contribution in [0, 0.1) is 0 Å². The number of hydrogen-bond donors (Lipinski definition) is 0. The van der Waals surface area contributed by atoms with Gasteiger partial charge in [-0.1, -0.05) is 0 Å². The van der Waals surface area contributed by atoms with Crippen LogP contribution in [0.25, 0.3) is 0 Å². The summed E-state index contributed by atoms with van der Waals surface area (Å²) < 4.78 is 4.67. The van der Waals surface area contributed by atoms with Gasteiger partial charge in [0.15, 0.2) is 0 Å². The third-order valence-corrected chi connectivity index (χ3v) is 1.66. The molecule has 0 radical (unpaired) electrons. The van der Waals surface area contributed by atoms with Gasteiger partial charge < -0.3 is 0 Å². The third-order valence-electron chi connectivity index (χ3n) is 0.706. The van der Waals surface area contributed by atoms with Crippen molar-refractivity contribution in [3.8, 4) is 0 Å². The molecule has 0 unspecified atom stereocenters. The molecule has 3 nitrogen and oxygen atoms in total. The molecule has 0 aliphatic heterocycles. The van der Waals surface area contributed by atoms with E-state index in [1.807, 2.05) is 0 Å². The Bertz CT molecular complexity index is 141. The summed E-state index contributed by atoms with van der Waals surface area (Å²) in [6.07, 6.45) is -0.389. The Balaban J connectivity index is 3.88. The molecule has 0 atom stereocenters. The van der Waals surface area contributed by atoms with E-state index < -0.39 is 0 Å². The van der Waals surface area contributed by atoms with Gasteiger partial charge in [0.25, 0.3) is 0 Å². The predicted octanol–water partition coefficient (Wildman–Crippen LogP) is -0.699. The van der Waals surface area contributed by atoms with Gasteiger partial charge in [-0.2, -0.15) is 0 Å². The van der Waals surface area contributed by atoms with Crippen LogP contribution >= 0.6 is 0 Å². The normalized spacial score (nSPS) is 8.10.